The number of nitrogens with one attached hydrogen (secondary N) is 2. The Labute approximate surface area is 196 Å². The summed E-state index contributed by atoms with van der Waals surface area (Å²) in [6.45, 7) is 0.190. The molecule has 0 saturated heterocycles. The van der Waals surface area contributed by atoms with Gasteiger partial charge in [-0.1, -0.05) is 48.2 Å². The van der Waals surface area contributed by atoms with Crippen LogP contribution >= 0.6 is 11.8 Å². The normalized spacial score (nSPS) is 10.6. The number of benzene rings is 2. The number of hydrogen-bond acceptors (Lipinski definition) is 6. The summed E-state index contributed by atoms with van der Waals surface area (Å²) in [6, 6.07) is 19.8. The molecule has 0 radical (unpaired) electrons. The number of rotatable bonds is 9. The fraction of sp³-hybridized carbons (Fsp3) is 0.120. The molecule has 0 aliphatic heterocycles. The predicted octanol–water partition coefficient (Wildman–Crippen LogP) is 3.93. The summed E-state index contributed by atoms with van der Waals surface area (Å²) < 4.78 is 4.81. The lowest BCUT2D eigenvalue weighted by Gasteiger charge is -2.10. The Bertz CT molecular complexity index is 1130. The molecule has 0 aliphatic rings. The highest BCUT2D eigenvalue weighted by Gasteiger charge is 2.11. The number of hydrogen-bond donors (Lipinski definition) is 2. The van der Waals surface area contributed by atoms with Crippen molar-refractivity contribution in [1.29, 1.82) is 0 Å². The number of carbonyl (C=O) groups excluding carboxylic acids is 3. The van der Waals surface area contributed by atoms with Gasteiger partial charge in [-0.05, 0) is 47.5 Å². The maximum absolute atomic E-state index is 12.3. The van der Waals surface area contributed by atoms with Crippen molar-refractivity contribution in [2.45, 2.75) is 11.6 Å². The molecule has 7 nitrogen and oxygen atoms in total. The third-order valence-corrected chi connectivity index (χ3v) is 5.33. The Hall–Kier alpha value is -3.91. The van der Waals surface area contributed by atoms with Gasteiger partial charge in [0.1, 0.15) is 0 Å². The summed E-state index contributed by atoms with van der Waals surface area (Å²) in [5, 5.41) is 6.32. The first-order valence-electron chi connectivity index (χ1n) is 10.1. The van der Waals surface area contributed by atoms with Crippen molar-refractivity contribution in [3.8, 4) is 0 Å². The summed E-state index contributed by atoms with van der Waals surface area (Å²) >= 11 is 1.33. The monoisotopic (exact) mass is 461 g/mol. The molecule has 3 rings (SSSR count). The maximum atomic E-state index is 12.3. The van der Waals surface area contributed by atoms with Crippen molar-refractivity contribution in [3.05, 3.63) is 95.7 Å². The van der Waals surface area contributed by atoms with Crippen LogP contribution in [0.15, 0.2) is 84.0 Å². The third kappa shape index (κ3) is 7.93. The van der Waals surface area contributed by atoms with E-state index in [0.29, 0.717) is 11.3 Å². The molecule has 0 saturated carbocycles. The van der Waals surface area contributed by atoms with E-state index in [4.69, 9.17) is 4.74 Å². The first kappa shape index (κ1) is 23.7. The second kappa shape index (κ2) is 12.2. The zero-order valence-corrected chi connectivity index (χ0v) is 18.8. The Morgan fingerprint density at radius 1 is 1.03 bits per heavy atom. The molecule has 1 heterocycles. The minimum absolute atomic E-state index is 0.175. The molecule has 0 atom stereocenters. The summed E-state index contributed by atoms with van der Waals surface area (Å²) in [6.07, 6.45) is 4.78. The predicted molar refractivity (Wildman–Crippen MR) is 129 cm³/mol. The van der Waals surface area contributed by atoms with Gasteiger partial charge in [0, 0.05) is 24.5 Å². The van der Waals surface area contributed by atoms with E-state index in [9.17, 15) is 14.4 Å². The molecule has 2 aromatic carbocycles. The fourth-order valence-corrected chi connectivity index (χ4v) is 3.54. The van der Waals surface area contributed by atoms with Crippen LogP contribution in [0.5, 0.6) is 0 Å². The first-order valence-corrected chi connectivity index (χ1v) is 11.1. The molecule has 0 unspecified atom stereocenters. The molecule has 1 aromatic heterocycles. The van der Waals surface area contributed by atoms with E-state index in [1.54, 1.807) is 24.4 Å². The highest BCUT2D eigenvalue weighted by Crippen LogP contribution is 2.17. The molecule has 0 spiro atoms. The highest BCUT2D eigenvalue weighted by molar-refractivity contribution is 7.99. The lowest BCUT2D eigenvalue weighted by atomic mass is 10.1. The van der Waals surface area contributed by atoms with Gasteiger partial charge in [0.15, 0.2) is 0 Å². The minimum atomic E-state index is -0.538. The first-order chi connectivity index (χ1) is 16.0. The Morgan fingerprint density at radius 2 is 1.82 bits per heavy atom. The third-order valence-electron chi connectivity index (χ3n) is 4.39. The molecule has 2 amide bonds. The molecule has 0 aliphatic carbocycles. The lowest BCUT2D eigenvalue weighted by molar-refractivity contribution is -0.118. The maximum Gasteiger partial charge on any atom is 0.337 e. The lowest BCUT2D eigenvalue weighted by Crippen LogP contribution is -2.25. The van der Waals surface area contributed by atoms with Gasteiger partial charge in [-0.25, -0.2) is 9.78 Å². The topological polar surface area (TPSA) is 97.4 Å². The fourth-order valence-electron chi connectivity index (χ4n) is 2.85. The largest absolute Gasteiger partial charge is 0.465 e. The van der Waals surface area contributed by atoms with E-state index in [-0.39, 0.29) is 29.7 Å². The summed E-state index contributed by atoms with van der Waals surface area (Å²) in [7, 11) is 1.28. The van der Waals surface area contributed by atoms with Crippen LogP contribution in [0, 0.1) is 0 Å². The van der Waals surface area contributed by atoms with E-state index < -0.39 is 5.97 Å². The van der Waals surface area contributed by atoms with Gasteiger partial charge in [-0.3, -0.25) is 9.59 Å². The molecule has 8 heteroatoms. The second-order valence-corrected chi connectivity index (χ2v) is 7.87. The number of esters is 1. The minimum Gasteiger partial charge on any atom is -0.465 e. The van der Waals surface area contributed by atoms with Gasteiger partial charge in [-0.2, -0.15) is 0 Å². The van der Waals surface area contributed by atoms with Crippen molar-refractivity contribution in [2.24, 2.45) is 0 Å². The van der Waals surface area contributed by atoms with Crippen LogP contribution in [0.4, 0.5) is 5.69 Å². The van der Waals surface area contributed by atoms with Crippen LogP contribution in [0.25, 0.3) is 6.08 Å². The average Bonchev–Trinajstić information content (AvgIpc) is 2.85. The van der Waals surface area contributed by atoms with Crippen LogP contribution in [-0.4, -0.2) is 35.6 Å². The van der Waals surface area contributed by atoms with E-state index in [1.807, 2.05) is 48.5 Å². The summed E-state index contributed by atoms with van der Waals surface area (Å²) in [5.41, 5.74) is 2.24. The van der Waals surface area contributed by atoms with E-state index in [1.165, 1.54) is 31.0 Å². The van der Waals surface area contributed by atoms with E-state index in [0.717, 1.165) is 10.6 Å². The number of ether oxygens (including phenoxy) is 1. The highest BCUT2D eigenvalue weighted by atomic mass is 32.2. The van der Waals surface area contributed by atoms with Crippen molar-refractivity contribution in [3.63, 3.8) is 0 Å². The molecular formula is C25H23N3O4S. The van der Waals surface area contributed by atoms with Crippen LogP contribution in [0.2, 0.25) is 0 Å². The van der Waals surface area contributed by atoms with E-state index >= 15 is 0 Å². The summed E-state index contributed by atoms with van der Waals surface area (Å²) in [4.78, 5) is 40.8. The van der Waals surface area contributed by atoms with E-state index in [2.05, 4.69) is 15.6 Å². The second-order valence-electron chi connectivity index (χ2n) is 6.88. The van der Waals surface area contributed by atoms with Crippen LogP contribution in [0.3, 0.4) is 0 Å². The van der Waals surface area contributed by atoms with Crippen molar-refractivity contribution < 1.29 is 19.1 Å². The zero-order valence-electron chi connectivity index (χ0n) is 18.0. The number of pyridine rings is 1. The van der Waals surface area contributed by atoms with Gasteiger partial charge in [-0.15, -0.1) is 0 Å². The Kier molecular flexibility index (Phi) is 8.79. The smallest absolute Gasteiger partial charge is 0.337 e. The number of anilines is 1. The number of nitrogens with zero attached hydrogens (tertiary/aromatic N) is 1. The summed E-state index contributed by atoms with van der Waals surface area (Å²) in [5.74, 6) is -0.848. The number of methoxy groups -OCH3 is 1. The van der Waals surface area contributed by atoms with Crippen LogP contribution < -0.4 is 10.6 Å². The number of aromatic nitrogens is 1. The van der Waals surface area contributed by atoms with Gasteiger partial charge in [0.25, 0.3) is 0 Å². The molecule has 0 fully saturated rings. The molecule has 0 bridgehead atoms. The Morgan fingerprint density at radius 3 is 2.55 bits per heavy atom. The Balaban J connectivity index is 1.64. The van der Waals surface area contributed by atoms with Gasteiger partial charge >= 0.3 is 5.97 Å². The molecule has 33 heavy (non-hydrogen) atoms. The number of carbonyl (C=O) groups is 3. The SMILES string of the molecule is COC(=O)c1cc(CNC(=O)CSc2ccccn2)cc(NC(=O)C=Cc2ccccc2)c1. The number of thioether (sulfide) groups is 1. The standard InChI is InChI=1S/C25H23N3O4S/c1-32-25(31)20-13-19(16-27-23(30)17-33-24-9-5-6-12-26-24)14-21(15-20)28-22(29)11-10-18-7-3-2-4-8-18/h2-15H,16-17H2,1H3,(H,27,30)(H,28,29). The van der Waals surface area contributed by atoms with Crippen molar-refractivity contribution >= 4 is 41.3 Å². The van der Waals surface area contributed by atoms with Crippen molar-refractivity contribution in [1.82, 2.24) is 10.3 Å². The number of amides is 2. The van der Waals surface area contributed by atoms with Gasteiger partial charge < -0.3 is 15.4 Å². The van der Waals surface area contributed by atoms with Crippen molar-refractivity contribution in [2.75, 3.05) is 18.2 Å². The van der Waals surface area contributed by atoms with Crippen LogP contribution in [-0.2, 0) is 20.9 Å². The quantitative estimate of drug-likeness (QED) is 0.285. The van der Waals surface area contributed by atoms with Gasteiger partial charge in [0.2, 0.25) is 11.8 Å². The molecule has 168 valence electrons. The molecule has 3 aromatic rings. The van der Waals surface area contributed by atoms with Gasteiger partial charge in [0.05, 0.1) is 23.5 Å². The molecule has 2 N–H and O–H groups in total. The molecular weight excluding hydrogens is 438 g/mol. The average molecular weight is 462 g/mol. The zero-order chi connectivity index (χ0) is 23.5. The van der Waals surface area contributed by atoms with Crippen LogP contribution in [0.1, 0.15) is 21.5 Å².